The number of oxime groups is 1. The van der Waals surface area contributed by atoms with E-state index in [1.165, 1.54) is 27.0 Å². The van der Waals surface area contributed by atoms with E-state index in [0.717, 1.165) is 5.71 Å². The molecule has 0 radical (unpaired) electrons. The van der Waals surface area contributed by atoms with Gasteiger partial charge in [-0.2, -0.15) is 0 Å². The predicted molar refractivity (Wildman–Crippen MR) is 91.4 cm³/mol. The molecular formula is C12H21N3O2S3. The van der Waals surface area contributed by atoms with E-state index in [4.69, 9.17) is 4.84 Å². The van der Waals surface area contributed by atoms with Crippen LogP contribution in [0.25, 0.3) is 0 Å². The number of thioether (sulfide) groups is 1. The Labute approximate surface area is 132 Å². The van der Waals surface area contributed by atoms with E-state index < -0.39 is 6.09 Å². The van der Waals surface area contributed by atoms with E-state index in [1.54, 1.807) is 17.8 Å². The molecule has 20 heavy (non-hydrogen) atoms. The van der Waals surface area contributed by atoms with Crippen molar-refractivity contribution in [3.63, 3.8) is 0 Å². The summed E-state index contributed by atoms with van der Waals surface area (Å²) in [5.74, 6) is 0. The third-order valence-electron chi connectivity index (χ3n) is 1.96. The largest absolute Gasteiger partial charge is 0.446 e. The molecule has 0 spiro atoms. The lowest BCUT2D eigenvalue weighted by molar-refractivity contribution is 0.138. The molecule has 0 fully saturated rings. The van der Waals surface area contributed by atoms with Crippen molar-refractivity contribution in [2.45, 2.75) is 51.2 Å². The fourth-order valence-corrected chi connectivity index (χ4v) is 3.75. The first-order chi connectivity index (χ1) is 9.00. The molecule has 0 aliphatic carbocycles. The Morgan fingerprint density at radius 1 is 1.45 bits per heavy atom. The standard InChI is InChI=1S/C12H21N3O2S3/c1-8-9(18-12(5,6)13-8)14-17-10(16)15(7)20-19-11(2,3)4/h1-7H3. The molecule has 1 aliphatic heterocycles. The van der Waals surface area contributed by atoms with Gasteiger partial charge in [-0.3, -0.25) is 9.83 Å². The fourth-order valence-electron chi connectivity index (χ4n) is 1.21. The van der Waals surface area contributed by atoms with E-state index >= 15 is 0 Å². The molecular weight excluding hydrogens is 314 g/mol. The molecule has 1 rings (SSSR count). The van der Waals surface area contributed by atoms with Crippen LogP contribution in [0.2, 0.25) is 0 Å². The van der Waals surface area contributed by atoms with Gasteiger partial charge in [-0.05, 0) is 20.8 Å². The summed E-state index contributed by atoms with van der Waals surface area (Å²) >= 11 is 1.49. The lowest BCUT2D eigenvalue weighted by Crippen LogP contribution is -2.20. The third-order valence-corrected chi connectivity index (χ3v) is 6.45. The maximum absolute atomic E-state index is 11.8. The molecule has 5 nitrogen and oxygen atoms in total. The molecule has 0 N–H and O–H groups in total. The van der Waals surface area contributed by atoms with E-state index in [9.17, 15) is 4.79 Å². The second-order valence-electron chi connectivity index (χ2n) is 5.77. The number of hydrogen-bond acceptors (Lipinski definition) is 7. The van der Waals surface area contributed by atoms with Gasteiger partial charge in [0.1, 0.15) is 4.87 Å². The molecule has 114 valence electrons. The van der Waals surface area contributed by atoms with Crippen LogP contribution in [0, 0.1) is 0 Å². The van der Waals surface area contributed by atoms with Crippen molar-refractivity contribution in [2.24, 2.45) is 10.1 Å². The van der Waals surface area contributed by atoms with E-state index in [1.807, 2.05) is 20.8 Å². The van der Waals surface area contributed by atoms with Gasteiger partial charge in [-0.1, -0.05) is 48.5 Å². The van der Waals surface area contributed by atoms with Crippen molar-refractivity contribution < 1.29 is 9.63 Å². The molecule has 0 saturated carbocycles. The van der Waals surface area contributed by atoms with Gasteiger partial charge in [0.25, 0.3) is 0 Å². The molecule has 1 aliphatic rings. The van der Waals surface area contributed by atoms with Crippen LogP contribution in [0.1, 0.15) is 41.5 Å². The Hall–Kier alpha value is -0.340. The fraction of sp³-hybridized carbons (Fsp3) is 0.750. The van der Waals surface area contributed by atoms with Crippen molar-refractivity contribution in [1.82, 2.24) is 4.31 Å². The normalized spacial score (nSPS) is 19.9. The average molecular weight is 336 g/mol. The van der Waals surface area contributed by atoms with Gasteiger partial charge in [-0.15, -0.1) is 0 Å². The van der Waals surface area contributed by atoms with Crippen molar-refractivity contribution >= 4 is 50.4 Å². The van der Waals surface area contributed by atoms with Gasteiger partial charge in [-0.25, -0.2) is 9.10 Å². The van der Waals surface area contributed by atoms with Crippen LogP contribution in [0.5, 0.6) is 0 Å². The Kier molecular flexibility index (Phi) is 5.86. The maximum atomic E-state index is 11.8. The highest BCUT2D eigenvalue weighted by molar-refractivity contribution is 8.76. The molecule has 1 heterocycles. The molecule has 0 bridgehead atoms. The van der Waals surface area contributed by atoms with Crippen LogP contribution in [0.15, 0.2) is 10.1 Å². The number of nitrogens with zero attached hydrogens (tertiary/aromatic N) is 3. The molecule has 0 aromatic carbocycles. The smallest absolute Gasteiger partial charge is 0.296 e. The first-order valence-electron chi connectivity index (χ1n) is 6.14. The molecule has 0 saturated heterocycles. The molecule has 0 aromatic rings. The highest BCUT2D eigenvalue weighted by Gasteiger charge is 2.30. The Balaban J connectivity index is 2.50. The van der Waals surface area contributed by atoms with Gasteiger partial charge in [0, 0.05) is 22.8 Å². The zero-order chi connectivity index (χ0) is 15.6. The monoisotopic (exact) mass is 335 g/mol. The van der Waals surface area contributed by atoms with Gasteiger partial charge >= 0.3 is 6.09 Å². The Morgan fingerprint density at radius 3 is 2.50 bits per heavy atom. The number of aliphatic imine (C=N–C) groups is 1. The number of carbonyl (C=O) groups excluding carboxylic acids is 1. The van der Waals surface area contributed by atoms with Crippen LogP contribution in [0.3, 0.4) is 0 Å². The van der Waals surface area contributed by atoms with Gasteiger partial charge in [0.05, 0.1) is 5.71 Å². The summed E-state index contributed by atoms with van der Waals surface area (Å²) in [6.07, 6.45) is -0.489. The number of carbonyl (C=O) groups is 1. The van der Waals surface area contributed by atoms with E-state index in [2.05, 4.69) is 30.9 Å². The van der Waals surface area contributed by atoms with E-state index in [-0.39, 0.29) is 9.62 Å². The number of hydrogen-bond donors (Lipinski definition) is 0. The summed E-state index contributed by atoms with van der Waals surface area (Å²) in [7, 11) is 4.60. The first-order valence-corrected chi connectivity index (χ1v) is 9.07. The first kappa shape index (κ1) is 17.7. The molecule has 0 aromatic heterocycles. The predicted octanol–water partition coefficient (Wildman–Crippen LogP) is 4.41. The van der Waals surface area contributed by atoms with Crippen LogP contribution >= 0.6 is 33.5 Å². The summed E-state index contributed by atoms with van der Waals surface area (Å²) in [5, 5.41) is 4.56. The van der Waals surface area contributed by atoms with Crippen molar-refractivity contribution in [2.75, 3.05) is 7.05 Å². The Morgan fingerprint density at radius 2 is 2.05 bits per heavy atom. The van der Waals surface area contributed by atoms with Gasteiger partial charge in [0.15, 0.2) is 5.04 Å². The van der Waals surface area contributed by atoms with Crippen LogP contribution in [-0.2, 0) is 4.84 Å². The molecule has 0 unspecified atom stereocenters. The summed E-state index contributed by atoms with van der Waals surface area (Å²) in [4.78, 5) is 20.9. The number of rotatable bonds is 3. The summed E-state index contributed by atoms with van der Waals surface area (Å²) < 4.78 is 1.50. The second kappa shape index (κ2) is 6.62. The Bertz CT molecular complexity index is 442. The van der Waals surface area contributed by atoms with Gasteiger partial charge in [0.2, 0.25) is 0 Å². The summed E-state index contributed by atoms with van der Waals surface area (Å²) in [5.41, 5.74) is 0.798. The maximum Gasteiger partial charge on any atom is 0.446 e. The number of amides is 1. The summed E-state index contributed by atoms with van der Waals surface area (Å²) in [6, 6.07) is 0. The lowest BCUT2D eigenvalue weighted by Gasteiger charge is -2.20. The van der Waals surface area contributed by atoms with Crippen LogP contribution < -0.4 is 0 Å². The highest BCUT2D eigenvalue weighted by atomic mass is 33.1. The molecule has 1 amide bonds. The van der Waals surface area contributed by atoms with Crippen LogP contribution in [0.4, 0.5) is 4.79 Å². The topological polar surface area (TPSA) is 54.3 Å². The van der Waals surface area contributed by atoms with Crippen molar-refractivity contribution in [1.29, 1.82) is 0 Å². The summed E-state index contributed by atoms with van der Waals surface area (Å²) in [6.45, 7) is 12.1. The SMILES string of the molecule is CC1=NC(C)(C)SC1=NOC(=O)N(C)SSC(C)(C)C. The molecule has 0 atom stereocenters. The minimum absolute atomic E-state index is 0.0691. The second-order valence-corrected chi connectivity index (χ2v) is 10.4. The minimum atomic E-state index is -0.489. The quantitative estimate of drug-likeness (QED) is 0.331. The van der Waals surface area contributed by atoms with E-state index in [0.29, 0.717) is 5.04 Å². The molecule has 8 heteroatoms. The third kappa shape index (κ3) is 5.97. The zero-order valence-electron chi connectivity index (χ0n) is 12.9. The van der Waals surface area contributed by atoms with Crippen molar-refractivity contribution in [3.05, 3.63) is 0 Å². The average Bonchev–Trinajstić information content (AvgIpc) is 2.55. The minimum Gasteiger partial charge on any atom is -0.296 e. The van der Waals surface area contributed by atoms with Crippen LogP contribution in [-0.4, -0.2) is 37.8 Å². The lowest BCUT2D eigenvalue weighted by atomic mass is 10.3. The highest BCUT2D eigenvalue weighted by Crippen LogP contribution is 2.37. The zero-order valence-corrected chi connectivity index (χ0v) is 15.3. The van der Waals surface area contributed by atoms with Crippen molar-refractivity contribution in [3.8, 4) is 0 Å². The van der Waals surface area contributed by atoms with Gasteiger partial charge < -0.3 is 0 Å².